The van der Waals surface area contributed by atoms with E-state index in [1.165, 1.54) is 7.11 Å². The Balaban J connectivity index is 2.39. The number of esters is 1. The molecule has 0 aliphatic carbocycles. The number of rotatable bonds is 2. The fraction of sp³-hybridized carbons (Fsp3) is 0.900. The Kier molecular flexibility index (Phi) is 3.31. The molecule has 0 aromatic rings. The van der Waals surface area contributed by atoms with Crippen LogP contribution in [0.15, 0.2) is 0 Å². The summed E-state index contributed by atoms with van der Waals surface area (Å²) in [6, 6.07) is 0. The minimum absolute atomic E-state index is 0.0725. The quantitative estimate of drug-likeness (QED) is 0.616. The molecule has 0 aromatic carbocycles. The zero-order valence-electron chi connectivity index (χ0n) is 8.63. The SMILES string of the molecule is COC(=O)CC1CCOC(C)(C)C1. The normalized spacial score (nSPS) is 26.8. The second kappa shape index (κ2) is 4.09. The lowest BCUT2D eigenvalue weighted by Gasteiger charge is -2.35. The molecule has 13 heavy (non-hydrogen) atoms. The summed E-state index contributed by atoms with van der Waals surface area (Å²) in [7, 11) is 1.44. The van der Waals surface area contributed by atoms with Crippen molar-refractivity contribution >= 4 is 5.97 Å². The van der Waals surface area contributed by atoms with Crippen LogP contribution in [0.2, 0.25) is 0 Å². The molecule has 0 radical (unpaired) electrons. The summed E-state index contributed by atoms with van der Waals surface area (Å²) in [5.41, 5.74) is -0.0725. The molecule has 0 amide bonds. The van der Waals surface area contributed by atoms with Gasteiger partial charge in [0.25, 0.3) is 0 Å². The van der Waals surface area contributed by atoms with Gasteiger partial charge in [0.2, 0.25) is 0 Å². The summed E-state index contributed by atoms with van der Waals surface area (Å²) < 4.78 is 10.2. The summed E-state index contributed by atoms with van der Waals surface area (Å²) in [5, 5.41) is 0. The van der Waals surface area contributed by atoms with E-state index in [-0.39, 0.29) is 11.6 Å². The minimum atomic E-state index is -0.109. The maximum atomic E-state index is 11.0. The summed E-state index contributed by atoms with van der Waals surface area (Å²) in [6.07, 6.45) is 2.45. The maximum absolute atomic E-state index is 11.0. The molecule has 0 N–H and O–H groups in total. The third kappa shape index (κ3) is 3.35. The molecule has 76 valence electrons. The van der Waals surface area contributed by atoms with Gasteiger partial charge in [-0.05, 0) is 32.6 Å². The molecule has 3 nitrogen and oxygen atoms in total. The molecule has 1 fully saturated rings. The fourth-order valence-corrected chi connectivity index (χ4v) is 1.85. The van der Waals surface area contributed by atoms with Crippen molar-refractivity contribution in [3.8, 4) is 0 Å². The Morgan fingerprint density at radius 2 is 2.31 bits per heavy atom. The fourth-order valence-electron chi connectivity index (χ4n) is 1.85. The average molecular weight is 186 g/mol. The van der Waals surface area contributed by atoms with Crippen LogP contribution in [0.1, 0.15) is 33.1 Å². The summed E-state index contributed by atoms with van der Waals surface area (Å²) in [4.78, 5) is 11.0. The van der Waals surface area contributed by atoms with Gasteiger partial charge < -0.3 is 9.47 Å². The van der Waals surface area contributed by atoms with Crippen LogP contribution in [0.5, 0.6) is 0 Å². The van der Waals surface area contributed by atoms with Crippen molar-refractivity contribution < 1.29 is 14.3 Å². The molecular formula is C10H18O3. The van der Waals surface area contributed by atoms with Crippen LogP contribution < -0.4 is 0 Å². The summed E-state index contributed by atoms with van der Waals surface area (Å²) in [6.45, 7) is 4.89. The van der Waals surface area contributed by atoms with Gasteiger partial charge in [-0.25, -0.2) is 0 Å². The van der Waals surface area contributed by atoms with Crippen molar-refractivity contribution in [2.24, 2.45) is 5.92 Å². The van der Waals surface area contributed by atoms with Crippen molar-refractivity contribution in [1.82, 2.24) is 0 Å². The number of hydrogen-bond donors (Lipinski definition) is 0. The molecule has 0 bridgehead atoms. The van der Waals surface area contributed by atoms with Crippen molar-refractivity contribution in [3.05, 3.63) is 0 Å². The van der Waals surface area contributed by atoms with E-state index in [0.29, 0.717) is 12.3 Å². The van der Waals surface area contributed by atoms with Gasteiger partial charge in [0.15, 0.2) is 0 Å². The van der Waals surface area contributed by atoms with Gasteiger partial charge in [-0.1, -0.05) is 0 Å². The molecule has 0 spiro atoms. The van der Waals surface area contributed by atoms with Crippen LogP contribution in [-0.2, 0) is 14.3 Å². The predicted octanol–water partition coefficient (Wildman–Crippen LogP) is 1.75. The van der Waals surface area contributed by atoms with Crippen molar-refractivity contribution in [1.29, 1.82) is 0 Å². The van der Waals surface area contributed by atoms with Gasteiger partial charge in [-0.2, -0.15) is 0 Å². The molecule has 0 aromatic heterocycles. The van der Waals surface area contributed by atoms with Crippen LogP contribution in [-0.4, -0.2) is 25.3 Å². The molecule has 1 aliphatic rings. The Bertz CT molecular complexity index is 187. The summed E-state index contributed by atoms with van der Waals surface area (Å²) >= 11 is 0. The summed E-state index contributed by atoms with van der Waals surface area (Å²) in [5.74, 6) is 0.318. The first-order chi connectivity index (χ1) is 6.03. The standard InChI is InChI=1S/C10H18O3/c1-10(2)7-8(4-5-13-10)6-9(11)12-3/h8H,4-7H2,1-3H3. The van der Waals surface area contributed by atoms with Crippen LogP contribution >= 0.6 is 0 Å². The lowest BCUT2D eigenvalue weighted by molar-refractivity contribution is -0.144. The molecule has 1 rings (SSSR count). The molecular weight excluding hydrogens is 168 g/mol. The van der Waals surface area contributed by atoms with E-state index < -0.39 is 0 Å². The van der Waals surface area contributed by atoms with Gasteiger partial charge >= 0.3 is 5.97 Å². The molecule has 3 heteroatoms. The molecule has 1 saturated heterocycles. The third-order valence-electron chi connectivity index (χ3n) is 2.48. The monoisotopic (exact) mass is 186 g/mol. The first-order valence-electron chi connectivity index (χ1n) is 4.74. The van der Waals surface area contributed by atoms with Crippen LogP contribution in [0.4, 0.5) is 0 Å². The molecule has 1 atom stereocenters. The van der Waals surface area contributed by atoms with Gasteiger partial charge in [0, 0.05) is 13.0 Å². The lowest BCUT2D eigenvalue weighted by Crippen LogP contribution is -2.34. The van der Waals surface area contributed by atoms with E-state index >= 15 is 0 Å². The zero-order valence-corrected chi connectivity index (χ0v) is 8.63. The second-order valence-corrected chi connectivity index (χ2v) is 4.25. The largest absolute Gasteiger partial charge is 0.469 e. The van der Waals surface area contributed by atoms with E-state index in [0.717, 1.165) is 19.4 Å². The number of carbonyl (C=O) groups excluding carboxylic acids is 1. The number of methoxy groups -OCH3 is 1. The van der Waals surface area contributed by atoms with Crippen molar-refractivity contribution in [2.45, 2.75) is 38.7 Å². The van der Waals surface area contributed by atoms with Gasteiger partial charge in [0.1, 0.15) is 0 Å². The minimum Gasteiger partial charge on any atom is -0.469 e. The Morgan fingerprint density at radius 3 is 2.85 bits per heavy atom. The molecule has 0 saturated carbocycles. The van der Waals surface area contributed by atoms with Crippen molar-refractivity contribution in [2.75, 3.05) is 13.7 Å². The topological polar surface area (TPSA) is 35.5 Å². The van der Waals surface area contributed by atoms with E-state index in [1.807, 2.05) is 0 Å². The molecule has 1 unspecified atom stereocenters. The predicted molar refractivity (Wildman–Crippen MR) is 49.4 cm³/mol. The highest BCUT2D eigenvalue weighted by Gasteiger charge is 2.29. The Labute approximate surface area is 79.4 Å². The highest BCUT2D eigenvalue weighted by molar-refractivity contribution is 5.69. The molecule has 1 heterocycles. The smallest absolute Gasteiger partial charge is 0.305 e. The van der Waals surface area contributed by atoms with E-state index in [2.05, 4.69) is 18.6 Å². The van der Waals surface area contributed by atoms with E-state index in [1.54, 1.807) is 0 Å². The number of hydrogen-bond acceptors (Lipinski definition) is 3. The second-order valence-electron chi connectivity index (χ2n) is 4.25. The van der Waals surface area contributed by atoms with Gasteiger partial charge in [-0.3, -0.25) is 4.79 Å². The highest BCUT2D eigenvalue weighted by atomic mass is 16.5. The lowest BCUT2D eigenvalue weighted by atomic mass is 9.86. The van der Waals surface area contributed by atoms with E-state index in [4.69, 9.17) is 4.74 Å². The number of ether oxygens (including phenoxy) is 2. The maximum Gasteiger partial charge on any atom is 0.305 e. The van der Waals surface area contributed by atoms with Gasteiger partial charge in [-0.15, -0.1) is 0 Å². The third-order valence-corrected chi connectivity index (χ3v) is 2.48. The molecule has 1 aliphatic heterocycles. The van der Waals surface area contributed by atoms with Crippen LogP contribution in [0.25, 0.3) is 0 Å². The highest BCUT2D eigenvalue weighted by Crippen LogP contribution is 2.30. The van der Waals surface area contributed by atoms with Gasteiger partial charge in [0.05, 0.1) is 12.7 Å². The zero-order chi connectivity index (χ0) is 9.90. The first-order valence-corrected chi connectivity index (χ1v) is 4.74. The first kappa shape index (κ1) is 10.5. The van der Waals surface area contributed by atoms with Crippen LogP contribution in [0.3, 0.4) is 0 Å². The Hall–Kier alpha value is -0.570. The Morgan fingerprint density at radius 1 is 1.62 bits per heavy atom. The average Bonchev–Trinajstić information content (AvgIpc) is 2.02. The van der Waals surface area contributed by atoms with Crippen molar-refractivity contribution in [3.63, 3.8) is 0 Å². The van der Waals surface area contributed by atoms with Crippen LogP contribution in [0, 0.1) is 5.92 Å². The van der Waals surface area contributed by atoms with E-state index in [9.17, 15) is 4.79 Å². The number of carbonyl (C=O) groups is 1.